The fraction of sp³-hybridized carbons (Fsp3) is 0.556. The Hall–Kier alpha value is -1.44. The molecule has 2 unspecified atom stereocenters. The molecule has 0 heterocycles. The van der Waals surface area contributed by atoms with E-state index in [1.165, 1.54) is 29.8 Å². The molecule has 0 aliphatic heterocycles. The second-order valence-corrected chi connectivity index (χ2v) is 6.57. The molecule has 0 radical (unpaired) electrons. The van der Waals surface area contributed by atoms with Crippen LogP contribution in [-0.4, -0.2) is 20.6 Å². The summed E-state index contributed by atoms with van der Waals surface area (Å²) in [5.41, 5.74) is 5.41. The predicted octanol–water partition coefficient (Wildman–Crippen LogP) is 4.47. The maximum atomic E-state index is 3.64. The van der Waals surface area contributed by atoms with Gasteiger partial charge >= 0.3 is 0 Å². The van der Waals surface area contributed by atoms with E-state index in [4.69, 9.17) is 0 Å². The molecule has 0 bridgehead atoms. The highest BCUT2D eigenvalue weighted by Gasteiger charge is 2.17. The minimum atomic E-state index is 0.729. The van der Waals surface area contributed by atoms with Crippen molar-refractivity contribution < 1.29 is 0 Å². The molecule has 0 spiro atoms. The molecule has 1 N–H and O–H groups in total. The Bertz CT molecular complexity index is 488. The summed E-state index contributed by atoms with van der Waals surface area (Å²) in [4.78, 5) is 2.15. The summed E-state index contributed by atoms with van der Waals surface area (Å²) in [5, 5.41) is 3.64. The third kappa shape index (κ3) is 3.78. The van der Waals surface area contributed by atoms with Crippen molar-refractivity contribution in [1.29, 1.82) is 0 Å². The van der Waals surface area contributed by atoms with E-state index in [1.807, 2.05) is 0 Å². The number of nitrogens with one attached hydrogen (secondary N) is 1. The maximum Gasteiger partial charge on any atom is 0.0371 e. The zero-order chi connectivity index (χ0) is 14.7. The number of hydrogen-bond donors (Lipinski definition) is 1. The summed E-state index contributed by atoms with van der Waals surface area (Å²) < 4.78 is 0. The molecule has 1 aliphatic carbocycles. The largest absolute Gasteiger partial charge is 0.385 e. The summed E-state index contributed by atoms with van der Waals surface area (Å²) >= 11 is 0. The van der Waals surface area contributed by atoms with E-state index in [0.29, 0.717) is 0 Å². The van der Waals surface area contributed by atoms with E-state index in [9.17, 15) is 0 Å². The van der Waals surface area contributed by atoms with Gasteiger partial charge in [-0.25, -0.2) is 0 Å². The molecule has 2 atom stereocenters. The monoisotopic (exact) mass is 272 g/mol. The highest BCUT2D eigenvalue weighted by molar-refractivity contribution is 5.59. The third-order valence-electron chi connectivity index (χ3n) is 4.19. The minimum Gasteiger partial charge on any atom is -0.385 e. The van der Waals surface area contributed by atoms with Gasteiger partial charge in [-0.1, -0.05) is 18.6 Å². The lowest BCUT2D eigenvalue weighted by Gasteiger charge is -2.26. The van der Waals surface area contributed by atoms with Gasteiger partial charge in [-0.2, -0.15) is 0 Å². The van der Waals surface area contributed by atoms with E-state index >= 15 is 0 Å². The molecular formula is C18H28N2. The van der Waals surface area contributed by atoms with Crippen LogP contribution in [-0.2, 0) is 0 Å². The van der Waals surface area contributed by atoms with Crippen molar-refractivity contribution in [2.75, 3.05) is 30.9 Å². The smallest absolute Gasteiger partial charge is 0.0371 e. The Morgan fingerprint density at radius 3 is 2.60 bits per heavy atom. The van der Waals surface area contributed by atoms with Gasteiger partial charge in [0.15, 0.2) is 0 Å². The van der Waals surface area contributed by atoms with Gasteiger partial charge in [0, 0.05) is 32.0 Å². The van der Waals surface area contributed by atoms with E-state index in [0.717, 1.165) is 18.4 Å². The van der Waals surface area contributed by atoms with Crippen molar-refractivity contribution >= 4 is 11.4 Å². The second-order valence-electron chi connectivity index (χ2n) is 6.57. The van der Waals surface area contributed by atoms with Crippen LogP contribution in [0.1, 0.15) is 32.3 Å². The Balaban J connectivity index is 1.96. The summed E-state index contributed by atoms with van der Waals surface area (Å²) in [7, 11) is 4.17. The van der Waals surface area contributed by atoms with Gasteiger partial charge in [0.25, 0.3) is 0 Å². The Labute approximate surface area is 123 Å². The molecule has 2 heteroatoms. The first kappa shape index (κ1) is 15.0. The lowest BCUT2D eigenvalue weighted by molar-refractivity contribution is 0.421. The SMILES string of the molecule is CC1=CC(C)CC(CNc2ccc(N(C)C)cc2C)C1. The Morgan fingerprint density at radius 1 is 1.25 bits per heavy atom. The lowest BCUT2D eigenvalue weighted by Crippen LogP contribution is -2.20. The Kier molecular flexibility index (Phi) is 4.74. The van der Waals surface area contributed by atoms with Crippen LogP contribution in [0, 0.1) is 18.8 Å². The first-order valence-corrected chi connectivity index (χ1v) is 7.65. The number of hydrogen-bond acceptors (Lipinski definition) is 2. The molecule has 0 fully saturated rings. The number of rotatable bonds is 4. The van der Waals surface area contributed by atoms with Crippen LogP contribution in [0.3, 0.4) is 0 Å². The molecular weight excluding hydrogens is 244 g/mol. The molecule has 0 aromatic heterocycles. The zero-order valence-corrected chi connectivity index (χ0v) is 13.5. The highest BCUT2D eigenvalue weighted by Crippen LogP contribution is 2.29. The van der Waals surface area contributed by atoms with Gasteiger partial charge in [-0.15, -0.1) is 0 Å². The topological polar surface area (TPSA) is 15.3 Å². The van der Waals surface area contributed by atoms with Crippen LogP contribution in [0.5, 0.6) is 0 Å². The molecule has 20 heavy (non-hydrogen) atoms. The fourth-order valence-corrected chi connectivity index (χ4v) is 3.22. The van der Waals surface area contributed by atoms with Gasteiger partial charge in [0.2, 0.25) is 0 Å². The van der Waals surface area contributed by atoms with Gasteiger partial charge < -0.3 is 10.2 Å². The number of nitrogens with zero attached hydrogens (tertiary/aromatic N) is 1. The molecule has 1 aromatic rings. The fourth-order valence-electron chi connectivity index (χ4n) is 3.22. The number of allylic oxidation sites excluding steroid dienone is 2. The van der Waals surface area contributed by atoms with Crippen molar-refractivity contribution in [1.82, 2.24) is 0 Å². The molecule has 2 rings (SSSR count). The molecule has 2 nitrogen and oxygen atoms in total. The highest BCUT2D eigenvalue weighted by atomic mass is 15.1. The van der Waals surface area contributed by atoms with Crippen LogP contribution in [0.4, 0.5) is 11.4 Å². The Morgan fingerprint density at radius 2 is 2.00 bits per heavy atom. The first-order chi connectivity index (χ1) is 9.45. The molecule has 1 aromatic carbocycles. The van der Waals surface area contributed by atoms with E-state index in [2.05, 4.69) is 69.4 Å². The summed E-state index contributed by atoms with van der Waals surface area (Å²) in [6.45, 7) is 7.86. The van der Waals surface area contributed by atoms with Gasteiger partial charge in [0.1, 0.15) is 0 Å². The van der Waals surface area contributed by atoms with Crippen LogP contribution < -0.4 is 10.2 Å². The molecule has 1 aliphatic rings. The van der Waals surface area contributed by atoms with Crippen molar-refractivity contribution in [2.45, 2.75) is 33.6 Å². The van der Waals surface area contributed by atoms with E-state index in [-0.39, 0.29) is 0 Å². The summed E-state index contributed by atoms with van der Waals surface area (Å²) in [6.07, 6.45) is 4.97. The average molecular weight is 272 g/mol. The van der Waals surface area contributed by atoms with Crippen LogP contribution >= 0.6 is 0 Å². The number of aryl methyl sites for hydroxylation is 1. The standard InChI is InChI=1S/C18H28N2/c1-13-8-14(2)10-16(9-13)12-19-18-7-6-17(20(4)5)11-15(18)3/h6-8,11,13,16,19H,9-10,12H2,1-5H3. The van der Waals surface area contributed by atoms with Crippen molar-refractivity contribution in [2.24, 2.45) is 11.8 Å². The van der Waals surface area contributed by atoms with Crippen molar-refractivity contribution in [3.8, 4) is 0 Å². The number of anilines is 2. The minimum absolute atomic E-state index is 0.729. The molecule has 0 saturated heterocycles. The lowest BCUT2D eigenvalue weighted by atomic mass is 9.83. The summed E-state index contributed by atoms with van der Waals surface area (Å²) in [5.74, 6) is 1.50. The average Bonchev–Trinajstić information content (AvgIpc) is 2.36. The molecule has 0 amide bonds. The van der Waals surface area contributed by atoms with Crippen molar-refractivity contribution in [3.05, 3.63) is 35.4 Å². The zero-order valence-electron chi connectivity index (χ0n) is 13.5. The normalized spacial score (nSPS) is 22.4. The van der Waals surface area contributed by atoms with Crippen LogP contribution in [0.15, 0.2) is 29.8 Å². The van der Waals surface area contributed by atoms with Gasteiger partial charge in [-0.05, 0) is 62.3 Å². The van der Waals surface area contributed by atoms with E-state index < -0.39 is 0 Å². The second kappa shape index (κ2) is 6.34. The molecule has 110 valence electrons. The third-order valence-corrected chi connectivity index (χ3v) is 4.19. The van der Waals surface area contributed by atoms with Crippen molar-refractivity contribution in [3.63, 3.8) is 0 Å². The maximum absolute atomic E-state index is 3.64. The molecule has 0 saturated carbocycles. The van der Waals surface area contributed by atoms with E-state index in [1.54, 1.807) is 5.57 Å². The quantitative estimate of drug-likeness (QED) is 0.814. The number of benzene rings is 1. The first-order valence-electron chi connectivity index (χ1n) is 7.65. The van der Waals surface area contributed by atoms with Gasteiger partial charge in [0.05, 0.1) is 0 Å². The van der Waals surface area contributed by atoms with Crippen LogP contribution in [0.25, 0.3) is 0 Å². The van der Waals surface area contributed by atoms with Crippen LogP contribution in [0.2, 0.25) is 0 Å². The summed E-state index contributed by atoms with van der Waals surface area (Å²) in [6, 6.07) is 6.64. The predicted molar refractivity (Wildman–Crippen MR) is 89.6 cm³/mol. The van der Waals surface area contributed by atoms with Gasteiger partial charge in [-0.3, -0.25) is 0 Å².